The van der Waals surface area contributed by atoms with Crippen molar-refractivity contribution in [1.29, 1.82) is 0 Å². The summed E-state index contributed by atoms with van der Waals surface area (Å²) in [5.41, 5.74) is 0.310. The summed E-state index contributed by atoms with van der Waals surface area (Å²) in [5, 5.41) is 0. The van der Waals surface area contributed by atoms with E-state index in [1.807, 2.05) is 30.4 Å². The molecule has 9 nitrogen and oxygen atoms in total. The number of rotatable bonds is 9. The zero-order valence-corrected chi connectivity index (χ0v) is 34.7. The zero-order valence-electron chi connectivity index (χ0n) is 33.7. The fourth-order valence-corrected chi connectivity index (χ4v) is 9.83. The molecular formula is C44H54F2N4O5Si. The molecule has 298 valence electrons. The lowest BCUT2D eigenvalue weighted by Crippen LogP contribution is -2.72. The number of hydrogen-bond acceptors (Lipinski definition) is 6. The van der Waals surface area contributed by atoms with Gasteiger partial charge in [-0.2, -0.15) is 0 Å². The Morgan fingerprint density at radius 2 is 1.66 bits per heavy atom. The van der Waals surface area contributed by atoms with Crippen LogP contribution in [0.4, 0.5) is 19.4 Å². The molecule has 2 spiro atoms. The van der Waals surface area contributed by atoms with Gasteiger partial charge in [0.1, 0.15) is 35.3 Å². The SMILES string of the molecule is CC(C)(C)OC(=O)N1C[C@@](C)(c2cc(F)cc(F)c2)N(C/C=C/c2ccc3c(c2)CC2(C3)C(=O)N(COCC[Si](C)(C)C)c3ncccc32)C(=O)C12CCCC2. The second kappa shape index (κ2) is 14.5. The molecule has 2 fully saturated rings. The Hall–Kier alpha value is -4.42. The van der Waals surface area contributed by atoms with Crippen LogP contribution in [-0.2, 0) is 42.9 Å². The van der Waals surface area contributed by atoms with Crippen LogP contribution in [0.15, 0.2) is 60.8 Å². The first-order valence-electron chi connectivity index (χ1n) is 19.8. The van der Waals surface area contributed by atoms with Crippen LogP contribution >= 0.6 is 0 Å². The molecule has 2 aromatic carbocycles. The van der Waals surface area contributed by atoms with E-state index in [1.54, 1.807) is 43.7 Å². The molecule has 4 aliphatic rings. The van der Waals surface area contributed by atoms with Crippen molar-refractivity contribution in [3.63, 3.8) is 0 Å². The number of carbonyl (C=O) groups excluding carboxylic acids is 3. The van der Waals surface area contributed by atoms with Crippen LogP contribution in [0.25, 0.3) is 6.08 Å². The fourth-order valence-electron chi connectivity index (χ4n) is 9.08. The number of carbonyl (C=O) groups is 3. The summed E-state index contributed by atoms with van der Waals surface area (Å²) in [4.78, 5) is 52.4. The highest BCUT2D eigenvalue weighted by Crippen LogP contribution is 2.50. The minimum atomic E-state index is -1.29. The van der Waals surface area contributed by atoms with Gasteiger partial charge in [0, 0.05) is 39.1 Å². The Morgan fingerprint density at radius 3 is 2.34 bits per heavy atom. The molecule has 3 amide bonds. The highest BCUT2D eigenvalue weighted by atomic mass is 28.3. The molecule has 3 heterocycles. The quantitative estimate of drug-likeness (QED) is 0.160. The molecule has 1 saturated carbocycles. The van der Waals surface area contributed by atoms with Gasteiger partial charge in [0.05, 0.1) is 17.5 Å². The lowest BCUT2D eigenvalue weighted by Gasteiger charge is -2.56. The average molecular weight is 785 g/mol. The maximum Gasteiger partial charge on any atom is 0.411 e. The molecule has 2 aliphatic carbocycles. The summed E-state index contributed by atoms with van der Waals surface area (Å²) in [6.45, 7) is 14.9. The molecule has 1 saturated heterocycles. The third kappa shape index (κ3) is 7.30. The van der Waals surface area contributed by atoms with Crippen LogP contribution < -0.4 is 4.90 Å². The molecule has 56 heavy (non-hydrogen) atoms. The smallest absolute Gasteiger partial charge is 0.411 e. The first-order valence-corrected chi connectivity index (χ1v) is 23.5. The number of amides is 3. The average Bonchev–Trinajstić information content (AvgIpc) is 3.81. The van der Waals surface area contributed by atoms with Crippen molar-refractivity contribution in [1.82, 2.24) is 14.8 Å². The van der Waals surface area contributed by atoms with Crippen molar-refractivity contribution < 1.29 is 32.6 Å². The van der Waals surface area contributed by atoms with Gasteiger partial charge >= 0.3 is 6.09 Å². The first kappa shape index (κ1) is 39.8. The van der Waals surface area contributed by atoms with E-state index in [4.69, 9.17) is 9.47 Å². The predicted molar refractivity (Wildman–Crippen MR) is 215 cm³/mol. The topological polar surface area (TPSA) is 92.3 Å². The lowest BCUT2D eigenvalue weighted by molar-refractivity contribution is -0.162. The molecule has 0 bridgehead atoms. The van der Waals surface area contributed by atoms with Crippen molar-refractivity contribution in [3.8, 4) is 0 Å². The molecule has 0 N–H and O–H groups in total. The maximum absolute atomic E-state index is 14.8. The Bertz CT molecular complexity index is 2050. The summed E-state index contributed by atoms with van der Waals surface area (Å²) < 4.78 is 41.4. The third-order valence-electron chi connectivity index (χ3n) is 12.0. The first-order chi connectivity index (χ1) is 26.4. The summed E-state index contributed by atoms with van der Waals surface area (Å²) in [6.07, 6.45) is 8.53. The van der Waals surface area contributed by atoms with Crippen LogP contribution in [0, 0.1) is 11.6 Å². The normalized spacial score (nSPS) is 23.2. The van der Waals surface area contributed by atoms with E-state index in [0.717, 1.165) is 47.2 Å². The minimum Gasteiger partial charge on any atom is -0.444 e. The van der Waals surface area contributed by atoms with Crippen LogP contribution in [0.3, 0.4) is 0 Å². The maximum atomic E-state index is 14.8. The number of fused-ring (bicyclic) bond motifs is 3. The third-order valence-corrected chi connectivity index (χ3v) is 13.7. The Labute approximate surface area is 330 Å². The number of piperazine rings is 1. The molecule has 2 aliphatic heterocycles. The molecule has 7 rings (SSSR count). The van der Waals surface area contributed by atoms with Gasteiger partial charge in [0.15, 0.2) is 0 Å². The molecule has 2 atom stereocenters. The lowest BCUT2D eigenvalue weighted by atomic mass is 9.79. The number of aromatic nitrogens is 1. The van der Waals surface area contributed by atoms with E-state index in [2.05, 4.69) is 36.8 Å². The number of nitrogens with zero attached hydrogens (tertiary/aromatic N) is 4. The van der Waals surface area contributed by atoms with E-state index in [9.17, 15) is 23.2 Å². The molecule has 0 radical (unpaired) electrons. The van der Waals surface area contributed by atoms with Crippen LogP contribution in [-0.4, -0.2) is 78.3 Å². The highest BCUT2D eigenvalue weighted by molar-refractivity contribution is 6.76. The van der Waals surface area contributed by atoms with Crippen LogP contribution in [0.1, 0.15) is 81.2 Å². The van der Waals surface area contributed by atoms with Crippen molar-refractivity contribution in [2.45, 2.75) is 114 Å². The predicted octanol–water partition coefficient (Wildman–Crippen LogP) is 8.38. The number of anilines is 1. The second-order valence-electron chi connectivity index (χ2n) is 18.5. The molecule has 1 aromatic heterocycles. The Kier molecular flexibility index (Phi) is 10.3. The van der Waals surface area contributed by atoms with Crippen LogP contribution in [0.2, 0.25) is 25.7 Å². The fraction of sp³-hybridized carbons (Fsp3) is 0.500. The number of pyridine rings is 1. The van der Waals surface area contributed by atoms with Gasteiger partial charge < -0.3 is 14.4 Å². The van der Waals surface area contributed by atoms with Crippen LogP contribution in [0.5, 0.6) is 0 Å². The van der Waals surface area contributed by atoms with Gasteiger partial charge in [0.25, 0.3) is 0 Å². The van der Waals surface area contributed by atoms with E-state index < -0.39 is 47.9 Å². The van der Waals surface area contributed by atoms with Gasteiger partial charge in [-0.05, 0) is 99.9 Å². The summed E-state index contributed by atoms with van der Waals surface area (Å²) in [6, 6.07) is 14.4. The summed E-state index contributed by atoms with van der Waals surface area (Å²) >= 11 is 0. The summed E-state index contributed by atoms with van der Waals surface area (Å²) in [7, 11) is -1.29. The number of ether oxygens (including phenoxy) is 2. The number of benzene rings is 2. The van der Waals surface area contributed by atoms with Crippen molar-refractivity contribution in [2.24, 2.45) is 0 Å². The summed E-state index contributed by atoms with van der Waals surface area (Å²) in [5.74, 6) is -1.12. The van der Waals surface area contributed by atoms with E-state index in [1.165, 1.54) is 17.0 Å². The molecule has 3 aromatic rings. The van der Waals surface area contributed by atoms with Gasteiger partial charge in [0.2, 0.25) is 11.8 Å². The van der Waals surface area contributed by atoms with Crippen molar-refractivity contribution in [2.75, 3.05) is 31.3 Å². The van der Waals surface area contributed by atoms with Gasteiger partial charge in [-0.1, -0.05) is 68.9 Å². The molecule has 1 unspecified atom stereocenters. The van der Waals surface area contributed by atoms with Crippen molar-refractivity contribution in [3.05, 3.63) is 100 Å². The second-order valence-corrected chi connectivity index (χ2v) is 24.1. The van der Waals surface area contributed by atoms with Crippen molar-refractivity contribution >= 4 is 37.9 Å². The number of halogens is 2. The van der Waals surface area contributed by atoms with E-state index in [-0.39, 0.29) is 37.2 Å². The van der Waals surface area contributed by atoms with E-state index >= 15 is 0 Å². The Morgan fingerprint density at radius 1 is 0.964 bits per heavy atom. The van der Waals surface area contributed by atoms with Gasteiger partial charge in [-0.25, -0.2) is 18.6 Å². The highest BCUT2D eigenvalue weighted by Gasteiger charge is 2.60. The Balaban J connectivity index is 1.15. The van der Waals surface area contributed by atoms with E-state index in [0.29, 0.717) is 38.1 Å². The number of hydrogen-bond donors (Lipinski definition) is 0. The zero-order chi connectivity index (χ0) is 40.3. The largest absolute Gasteiger partial charge is 0.444 e. The van der Waals surface area contributed by atoms with Gasteiger partial charge in [-0.15, -0.1) is 0 Å². The molecular weight excluding hydrogens is 731 g/mol. The monoisotopic (exact) mass is 784 g/mol. The standard InChI is InChI=1S/C44H54F2N4O5Si/c1-41(2,3)55-40(53)50-28-42(4,33-23-34(45)25-35(46)24-33)49(39(52)44(50)16-8-9-17-44)19-11-12-30-14-15-31-26-43(27-32(31)22-30)36-13-10-18-47-37(36)48(38(43)51)29-54-20-21-56(5,6)7/h10-15,18,22-25H,8-9,16-17,19-21,26-29H2,1-7H3/b12-11+/t42-,43?/m0/s1. The minimum absolute atomic E-state index is 0.00504. The van der Waals surface area contributed by atoms with Gasteiger partial charge in [-0.3, -0.25) is 19.4 Å². The molecule has 12 heteroatoms.